The Morgan fingerprint density at radius 1 is 1.15 bits per heavy atom. The Morgan fingerprint density at radius 2 is 2.00 bits per heavy atom. The molecule has 4 rings (SSSR count). The number of amides is 1. The van der Waals surface area contributed by atoms with Crippen LogP contribution in [0.4, 0.5) is 0 Å². The van der Waals surface area contributed by atoms with E-state index < -0.39 is 0 Å². The quantitative estimate of drug-likeness (QED) is 0.853. The Bertz CT molecular complexity index is 776. The number of likely N-dealkylation sites (tertiary alicyclic amines) is 1. The predicted molar refractivity (Wildman–Crippen MR) is 102 cm³/mol. The van der Waals surface area contributed by atoms with Crippen LogP contribution in [0.15, 0.2) is 48.8 Å². The van der Waals surface area contributed by atoms with Crippen molar-refractivity contribution in [2.24, 2.45) is 5.41 Å². The summed E-state index contributed by atoms with van der Waals surface area (Å²) in [6.45, 7) is 6.67. The number of carbonyl (C=O) groups is 1. The molecule has 1 fully saturated rings. The van der Waals surface area contributed by atoms with Crippen LogP contribution in [0, 0.1) is 5.41 Å². The highest BCUT2D eigenvalue weighted by Crippen LogP contribution is 2.39. The average Bonchev–Trinajstić information content (AvgIpc) is 2.96. The van der Waals surface area contributed by atoms with Crippen molar-refractivity contribution in [2.75, 3.05) is 19.6 Å². The minimum absolute atomic E-state index is 0.166. The standard InChI is InChI=1S/C22H27N3O/c1-2-21(26)25-15-20-8-4-3-7-19(20)12-22(17-25)9-11-24(16-22)14-18-6-5-10-23-13-18/h3-8,10,13H,2,9,11-12,14-17H2,1H3. The lowest BCUT2D eigenvalue weighted by Gasteiger charge is -2.33. The summed E-state index contributed by atoms with van der Waals surface area (Å²) >= 11 is 0. The van der Waals surface area contributed by atoms with Crippen LogP contribution >= 0.6 is 0 Å². The highest BCUT2D eigenvalue weighted by atomic mass is 16.2. The highest BCUT2D eigenvalue weighted by Gasteiger charge is 2.42. The first-order valence-corrected chi connectivity index (χ1v) is 9.63. The van der Waals surface area contributed by atoms with Gasteiger partial charge in [0.25, 0.3) is 0 Å². The smallest absolute Gasteiger partial charge is 0.222 e. The molecular weight excluding hydrogens is 322 g/mol. The minimum atomic E-state index is 0.166. The van der Waals surface area contributed by atoms with Gasteiger partial charge in [0.1, 0.15) is 0 Å². The van der Waals surface area contributed by atoms with Crippen LogP contribution < -0.4 is 0 Å². The summed E-state index contributed by atoms with van der Waals surface area (Å²) in [7, 11) is 0. The normalized spacial score (nSPS) is 23.0. The second kappa shape index (κ2) is 7.20. The Hall–Kier alpha value is -2.20. The first-order chi connectivity index (χ1) is 12.7. The summed E-state index contributed by atoms with van der Waals surface area (Å²) < 4.78 is 0. The van der Waals surface area contributed by atoms with Crippen LogP contribution in [-0.4, -0.2) is 40.3 Å². The summed E-state index contributed by atoms with van der Waals surface area (Å²) in [5.74, 6) is 0.270. The van der Waals surface area contributed by atoms with E-state index in [2.05, 4.69) is 45.1 Å². The summed E-state index contributed by atoms with van der Waals surface area (Å²) in [4.78, 5) is 21.4. The van der Waals surface area contributed by atoms with E-state index in [0.29, 0.717) is 6.42 Å². The number of fused-ring (bicyclic) bond motifs is 1. The first-order valence-electron chi connectivity index (χ1n) is 9.63. The van der Waals surface area contributed by atoms with Gasteiger partial charge in [-0.15, -0.1) is 0 Å². The van der Waals surface area contributed by atoms with Crippen LogP contribution in [0.3, 0.4) is 0 Å². The number of aromatic nitrogens is 1. The minimum Gasteiger partial charge on any atom is -0.338 e. The van der Waals surface area contributed by atoms with Crippen molar-refractivity contribution >= 4 is 5.91 Å². The molecule has 1 atom stereocenters. The van der Waals surface area contributed by atoms with Crippen molar-refractivity contribution < 1.29 is 4.79 Å². The number of carbonyl (C=O) groups excluding carboxylic acids is 1. The van der Waals surface area contributed by atoms with Gasteiger partial charge >= 0.3 is 0 Å². The molecule has 0 N–H and O–H groups in total. The van der Waals surface area contributed by atoms with Crippen LogP contribution in [0.2, 0.25) is 0 Å². The zero-order valence-electron chi connectivity index (χ0n) is 15.5. The van der Waals surface area contributed by atoms with E-state index in [0.717, 1.165) is 45.6 Å². The fourth-order valence-electron chi connectivity index (χ4n) is 4.60. The fraction of sp³-hybridized carbons (Fsp3) is 0.455. The topological polar surface area (TPSA) is 36.4 Å². The second-order valence-electron chi connectivity index (χ2n) is 7.87. The summed E-state index contributed by atoms with van der Waals surface area (Å²) in [6.07, 6.45) is 6.58. The van der Waals surface area contributed by atoms with Crippen molar-refractivity contribution in [1.29, 1.82) is 0 Å². The van der Waals surface area contributed by atoms with Crippen LogP contribution in [0.5, 0.6) is 0 Å². The third-order valence-electron chi connectivity index (χ3n) is 5.87. The molecule has 1 aromatic heterocycles. The molecule has 1 unspecified atom stereocenters. The molecule has 0 aliphatic carbocycles. The third kappa shape index (κ3) is 3.51. The molecule has 1 amide bonds. The highest BCUT2D eigenvalue weighted by molar-refractivity contribution is 5.76. The van der Waals surface area contributed by atoms with Crippen LogP contribution in [-0.2, 0) is 24.3 Å². The monoisotopic (exact) mass is 349 g/mol. The SMILES string of the molecule is CCC(=O)N1Cc2ccccc2CC2(CCN(Cc3cccnc3)C2)C1. The van der Waals surface area contributed by atoms with Crippen molar-refractivity contribution in [1.82, 2.24) is 14.8 Å². The molecule has 3 heterocycles. The van der Waals surface area contributed by atoms with Crippen molar-refractivity contribution in [3.8, 4) is 0 Å². The summed E-state index contributed by atoms with van der Waals surface area (Å²) in [6, 6.07) is 12.8. The number of rotatable bonds is 3. The van der Waals surface area contributed by atoms with E-state index >= 15 is 0 Å². The molecule has 4 heteroatoms. The van der Waals surface area contributed by atoms with Crippen molar-refractivity contribution in [3.63, 3.8) is 0 Å². The number of benzene rings is 1. The Labute approximate surface area is 155 Å². The number of nitrogens with zero attached hydrogens (tertiary/aromatic N) is 3. The largest absolute Gasteiger partial charge is 0.338 e. The van der Waals surface area contributed by atoms with Gasteiger partial charge in [-0.3, -0.25) is 14.7 Å². The van der Waals surface area contributed by atoms with Crippen molar-refractivity contribution in [2.45, 2.75) is 39.3 Å². The van der Waals surface area contributed by atoms with E-state index in [1.165, 1.54) is 16.7 Å². The zero-order valence-corrected chi connectivity index (χ0v) is 15.5. The Kier molecular flexibility index (Phi) is 4.77. The van der Waals surface area contributed by atoms with Gasteiger partial charge in [0, 0.05) is 50.4 Å². The van der Waals surface area contributed by atoms with Gasteiger partial charge in [-0.25, -0.2) is 0 Å². The Morgan fingerprint density at radius 3 is 2.77 bits per heavy atom. The molecule has 2 aliphatic rings. The molecule has 1 spiro atoms. The second-order valence-corrected chi connectivity index (χ2v) is 7.87. The van der Waals surface area contributed by atoms with E-state index in [-0.39, 0.29) is 11.3 Å². The molecule has 4 nitrogen and oxygen atoms in total. The van der Waals surface area contributed by atoms with Gasteiger partial charge in [-0.2, -0.15) is 0 Å². The fourth-order valence-corrected chi connectivity index (χ4v) is 4.60. The van der Waals surface area contributed by atoms with Gasteiger partial charge in [0.15, 0.2) is 0 Å². The molecular formula is C22H27N3O. The number of hydrogen-bond acceptors (Lipinski definition) is 3. The maximum atomic E-state index is 12.5. The van der Waals surface area contributed by atoms with Crippen LogP contribution in [0.1, 0.15) is 36.5 Å². The van der Waals surface area contributed by atoms with Crippen LogP contribution in [0.25, 0.3) is 0 Å². The maximum absolute atomic E-state index is 12.5. The molecule has 0 bridgehead atoms. The zero-order chi connectivity index (χ0) is 18.0. The van der Waals surface area contributed by atoms with E-state index in [4.69, 9.17) is 0 Å². The van der Waals surface area contributed by atoms with Gasteiger partial charge in [0.05, 0.1) is 0 Å². The average molecular weight is 349 g/mol. The lowest BCUT2D eigenvalue weighted by molar-refractivity contribution is -0.132. The molecule has 1 saturated heterocycles. The third-order valence-corrected chi connectivity index (χ3v) is 5.87. The lowest BCUT2D eigenvalue weighted by atomic mass is 9.80. The van der Waals surface area contributed by atoms with Gasteiger partial charge in [-0.1, -0.05) is 37.3 Å². The first kappa shape index (κ1) is 17.2. The molecule has 136 valence electrons. The molecule has 2 aromatic rings. The van der Waals surface area contributed by atoms with Gasteiger partial charge < -0.3 is 4.90 Å². The van der Waals surface area contributed by atoms with E-state index in [1.807, 2.05) is 25.4 Å². The molecule has 2 aliphatic heterocycles. The van der Waals surface area contributed by atoms with Crippen molar-refractivity contribution in [3.05, 3.63) is 65.5 Å². The molecule has 0 radical (unpaired) electrons. The number of hydrogen-bond donors (Lipinski definition) is 0. The lowest BCUT2D eigenvalue weighted by Crippen LogP contribution is -2.41. The van der Waals surface area contributed by atoms with E-state index in [9.17, 15) is 4.79 Å². The van der Waals surface area contributed by atoms with E-state index in [1.54, 1.807) is 0 Å². The summed E-state index contributed by atoms with van der Waals surface area (Å²) in [5, 5.41) is 0. The molecule has 26 heavy (non-hydrogen) atoms. The van der Waals surface area contributed by atoms with Gasteiger partial charge in [-0.05, 0) is 42.1 Å². The maximum Gasteiger partial charge on any atom is 0.222 e. The Balaban J connectivity index is 1.57. The molecule has 0 saturated carbocycles. The number of pyridine rings is 1. The summed E-state index contributed by atoms with van der Waals surface area (Å²) in [5.41, 5.74) is 4.17. The molecule has 1 aromatic carbocycles. The van der Waals surface area contributed by atoms with Gasteiger partial charge in [0.2, 0.25) is 5.91 Å². The predicted octanol–water partition coefficient (Wildman–Crippen LogP) is 3.27.